The molecule has 0 amide bonds. The first-order valence-corrected chi connectivity index (χ1v) is 6.55. The van der Waals surface area contributed by atoms with Crippen LogP contribution in [0.4, 0.5) is 5.69 Å². The van der Waals surface area contributed by atoms with Gasteiger partial charge in [-0.25, -0.2) is 0 Å². The lowest BCUT2D eigenvalue weighted by Crippen LogP contribution is -2.01. The van der Waals surface area contributed by atoms with Gasteiger partial charge in [0.15, 0.2) is 0 Å². The molecule has 0 atom stereocenters. The first-order chi connectivity index (χ1) is 9.22. The van der Waals surface area contributed by atoms with Crippen molar-refractivity contribution in [2.24, 2.45) is 0 Å². The molecule has 0 bridgehead atoms. The lowest BCUT2D eigenvalue weighted by atomic mass is 10.1. The monoisotopic (exact) mass is 250 g/mol. The van der Waals surface area contributed by atoms with E-state index in [1.807, 2.05) is 25.1 Å². The molecule has 0 aliphatic heterocycles. The minimum Gasteiger partial charge on any atom is -0.380 e. The van der Waals surface area contributed by atoms with Gasteiger partial charge in [-0.05, 0) is 42.2 Å². The van der Waals surface area contributed by atoms with E-state index in [9.17, 15) is 0 Å². The Hall–Kier alpha value is -2.27. The predicted octanol–water partition coefficient (Wildman–Crippen LogP) is 4.04. The smallest absolute Gasteiger partial charge is 0.101 e. The van der Waals surface area contributed by atoms with Crippen LogP contribution in [0.25, 0.3) is 0 Å². The fourth-order valence-corrected chi connectivity index (χ4v) is 1.99. The summed E-state index contributed by atoms with van der Waals surface area (Å²) in [6.07, 6.45) is 1.06. The number of rotatable bonds is 4. The molecule has 0 aliphatic carbocycles. The second-order valence-corrected chi connectivity index (χ2v) is 4.68. The van der Waals surface area contributed by atoms with Crippen molar-refractivity contribution in [3.63, 3.8) is 0 Å². The van der Waals surface area contributed by atoms with Crippen LogP contribution in [0.3, 0.4) is 0 Å². The summed E-state index contributed by atoms with van der Waals surface area (Å²) in [6, 6.07) is 16.6. The Balaban J connectivity index is 2.09. The van der Waals surface area contributed by atoms with Gasteiger partial charge in [-0.3, -0.25) is 0 Å². The van der Waals surface area contributed by atoms with Gasteiger partial charge in [-0.15, -0.1) is 0 Å². The highest BCUT2D eigenvalue weighted by Gasteiger charge is 2.02. The molecule has 0 aliphatic rings. The quantitative estimate of drug-likeness (QED) is 0.888. The summed E-state index contributed by atoms with van der Waals surface area (Å²) in [5.74, 6) is 0. The summed E-state index contributed by atoms with van der Waals surface area (Å²) >= 11 is 0. The molecule has 0 spiro atoms. The van der Waals surface area contributed by atoms with E-state index >= 15 is 0 Å². The van der Waals surface area contributed by atoms with Gasteiger partial charge in [-0.1, -0.05) is 37.3 Å². The molecule has 0 saturated carbocycles. The fourth-order valence-electron chi connectivity index (χ4n) is 1.99. The van der Waals surface area contributed by atoms with E-state index in [1.165, 1.54) is 11.1 Å². The number of aryl methyl sites for hydroxylation is 2. The molecule has 2 nitrogen and oxygen atoms in total. The van der Waals surface area contributed by atoms with Crippen molar-refractivity contribution in [1.82, 2.24) is 0 Å². The Morgan fingerprint density at radius 3 is 2.37 bits per heavy atom. The lowest BCUT2D eigenvalue weighted by molar-refractivity contribution is 1.10. The molecule has 0 fully saturated rings. The highest BCUT2D eigenvalue weighted by molar-refractivity contribution is 5.58. The van der Waals surface area contributed by atoms with Crippen molar-refractivity contribution in [2.45, 2.75) is 26.8 Å². The van der Waals surface area contributed by atoms with E-state index in [0.29, 0.717) is 5.56 Å². The first kappa shape index (κ1) is 13.2. The summed E-state index contributed by atoms with van der Waals surface area (Å²) in [6.45, 7) is 4.92. The highest BCUT2D eigenvalue weighted by Crippen LogP contribution is 2.17. The van der Waals surface area contributed by atoms with Crippen molar-refractivity contribution < 1.29 is 0 Å². The SMILES string of the molecule is CCc1ccc(CNc2cc(C)ccc2C#N)cc1. The Morgan fingerprint density at radius 2 is 1.74 bits per heavy atom. The van der Waals surface area contributed by atoms with Crippen molar-refractivity contribution in [3.05, 3.63) is 64.7 Å². The highest BCUT2D eigenvalue weighted by atomic mass is 14.9. The van der Waals surface area contributed by atoms with E-state index in [0.717, 1.165) is 24.2 Å². The number of benzene rings is 2. The maximum absolute atomic E-state index is 9.08. The van der Waals surface area contributed by atoms with Crippen LogP contribution in [0.2, 0.25) is 0 Å². The van der Waals surface area contributed by atoms with Crippen molar-refractivity contribution in [1.29, 1.82) is 5.26 Å². The van der Waals surface area contributed by atoms with Gasteiger partial charge in [0.25, 0.3) is 0 Å². The van der Waals surface area contributed by atoms with Crippen molar-refractivity contribution in [2.75, 3.05) is 5.32 Å². The lowest BCUT2D eigenvalue weighted by Gasteiger charge is -2.09. The van der Waals surface area contributed by atoms with Crippen molar-refractivity contribution >= 4 is 5.69 Å². The standard InChI is InChI=1S/C17H18N2/c1-3-14-5-7-15(8-6-14)12-19-17-10-13(2)4-9-16(17)11-18/h4-10,19H,3,12H2,1-2H3. The zero-order valence-electron chi connectivity index (χ0n) is 11.4. The molecule has 19 heavy (non-hydrogen) atoms. The van der Waals surface area contributed by atoms with E-state index in [4.69, 9.17) is 5.26 Å². The van der Waals surface area contributed by atoms with Gasteiger partial charge >= 0.3 is 0 Å². The molecule has 2 rings (SSSR count). The van der Waals surface area contributed by atoms with Crippen LogP contribution >= 0.6 is 0 Å². The fraction of sp³-hybridized carbons (Fsp3) is 0.235. The summed E-state index contributed by atoms with van der Waals surface area (Å²) in [4.78, 5) is 0. The molecule has 0 aromatic heterocycles. The Kier molecular flexibility index (Phi) is 4.20. The third-order valence-corrected chi connectivity index (χ3v) is 3.21. The Morgan fingerprint density at radius 1 is 1.05 bits per heavy atom. The van der Waals surface area contributed by atoms with Crippen LogP contribution < -0.4 is 5.32 Å². The minimum atomic E-state index is 0.691. The van der Waals surface area contributed by atoms with E-state index in [2.05, 4.69) is 42.6 Å². The summed E-state index contributed by atoms with van der Waals surface area (Å²) in [5.41, 5.74) is 5.32. The number of hydrogen-bond donors (Lipinski definition) is 1. The Bertz CT molecular complexity index is 592. The number of nitrogens with zero attached hydrogens (tertiary/aromatic N) is 1. The molecule has 0 heterocycles. The minimum absolute atomic E-state index is 0.691. The van der Waals surface area contributed by atoms with Crippen LogP contribution in [0, 0.1) is 18.3 Å². The van der Waals surface area contributed by atoms with Crippen LogP contribution in [-0.4, -0.2) is 0 Å². The average Bonchev–Trinajstić information content (AvgIpc) is 2.46. The molecule has 96 valence electrons. The third kappa shape index (κ3) is 3.35. The van der Waals surface area contributed by atoms with Crippen LogP contribution in [0.5, 0.6) is 0 Å². The normalized spacial score (nSPS) is 9.95. The molecule has 2 aromatic rings. The summed E-state index contributed by atoms with van der Waals surface area (Å²) in [5, 5.41) is 12.4. The first-order valence-electron chi connectivity index (χ1n) is 6.55. The predicted molar refractivity (Wildman–Crippen MR) is 79.0 cm³/mol. The van der Waals surface area contributed by atoms with Crippen LogP contribution in [0.15, 0.2) is 42.5 Å². The van der Waals surface area contributed by atoms with Crippen LogP contribution in [0.1, 0.15) is 29.2 Å². The van der Waals surface area contributed by atoms with E-state index in [1.54, 1.807) is 0 Å². The molecular formula is C17H18N2. The maximum Gasteiger partial charge on any atom is 0.101 e. The largest absolute Gasteiger partial charge is 0.380 e. The van der Waals surface area contributed by atoms with Gasteiger partial charge in [0, 0.05) is 6.54 Å². The maximum atomic E-state index is 9.08. The molecule has 2 aromatic carbocycles. The molecule has 0 saturated heterocycles. The molecule has 2 heteroatoms. The number of nitriles is 1. The van der Waals surface area contributed by atoms with E-state index in [-0.39, 0.29) is 0 Å². The topological polar surface area (TPSA) is 35.8 Å². The number of hydrogen-bond acceptors (Lipinski definition) is 2. The molecule has 1 N–H and O–H groups in total. The van der Waals surface area contributed by atoms with Crippen molar-refractivity contribution in [3.8, 4) is 6.07 Å². The zero-order chi connectivity index (χ0) is 13.7. The van der Waals surface area contributed by atoms with Crippen LogP contribution in [-0.2, 0) is 13.0 Å². The van der Waals surface area contributed by atoms with Gasteiger partial charge < -0.3 is 5.32 Å². The molecule has 0 unspecified atom stereocenters. The Labute approximate surface area is 114 Å². The zero-order valence-corrected chi connectivity index (χ0v) is 11.4. The number of anilines is 1. The second kappa shape index (κ2) is 6.06. The molecule has 0 radical (unpaired) electrons. The average molecular weight is 250 g/mol. The van der Waals surface area contributed by atoms with Gasteiger partial charge in [-0.2, -0.15) is 5.26 Å². The van der Waals surface area contributed by atoms with Gasteiger partial charge in [0.2, 0.25) is 0 Å². The van der Waals surface area contributed by atoms with E-state index < -0.39 is 0 Å². The van der Waals surface area contributed by atoms with Gasteiger partial charge in [0.05, 0.1) is 11.3 Å². The summed E-state index contributed by atoms with van der Waals surface area (Å²) in [7, 11) is 0. The number of nitrogens with one attached hydrogen (secondary N) is 1. The third-order valence-electron chi connectivity index (χ3n) is 3.21. The van der Waals surface area contributed by atoms with Gasteiger partial charge in [0.1, 0.15) is 6.07 Å². The molecular weight excluding hydrogens is 232 g/mol. The second-order valence-electron chi connectivity index (χ2n) is 4.68. The summed E-state index contributed by atoms with van der Waals surface area (Å²) < 4.78 is 0.